The van der Waals surface area contributed by atoms with E-state index in [1.54, 1.807) is 18.2 Å². The number of anilines is 1. The third-order valence-electron chi connectivity index (χ3n) is 3.04. The molecule has 2 rings (SSSR count). The zero-order valence-corrected chi connectivity index (χ0v) is 12.8. The van der Waals surface area contributed by atoms with Crippen LogP contribution in [0, 0.1) is 17.2 Å². The molecule has 1 aromatic rings. The number of sulfonamides is 1. The number of primary sulfonamides is 1. The van der Waals surface area contributed by atoms with Crippen molar-refractivity contribution < 1.29 is 13.2 Å². The lowest BCUT2D eigenvalue weighted by molar-refractivity contribution is -0.117. The summed E-state index contributed by atoms with van der Waals surface area (Å²) in [5.41, 5.74) is 0.863. The highest BCUT2D eigenvalue weighted by Gasteiger charge is 2.33. The molecular weight excluding hydrogens is 346 g/mol. The van der Waals surface area contributed by atoms with Crippen LogP contribution in [0.15, 0.2) is 22.7 Å². The van der Waals surface area contributed by atoms with Crippen molar-refractivity contribution in [2.45, 2.75) is 6.42 Å². The van der Waals surface area contributed by atoms with E-state index in [0.717, 1.165) is 4.47 Å². The van der Waals surface area contributed by atoms with E-state index < -0.39 is 10.0 Å². The topological polar surface area (TPSA) is 104 Å². The number of rotatable bonds is 3. The Hall–Kier alpha value is -1.43. The Morgan fingerprint density at radius 2 is 2.20 bits per heavy atom. The molecule has 1 fully saturated rings. The predicted molar refractivity (Wildman–Crippen MR) is 77.3 cm³/mol. The number of hydrogen-bond acceptors (Lipinski definition) is 4. The predicted octanol–water partition coefficient (Wildman–Crippen LogP) is 0.962. The molecule has 2 N–H and O–H groups in total. The van der Waals surface area contributed by atoms with Crippen molar-refractivity contribution in [1.29, 1.82) is 5.26 Å². The van der Waals surface area contributed by atoms with Crippen LogP contribution < -0.4 is 10.0 Å². The number of carbonyl (C=O) groups is 1. The van der Waals surface area contributed by atoms with E-state index >= 15 is 0 Å². The number of nitrogens with zero attached hydrogens (tertiary/aromatic N) is 2. The quantitative estimate of drug-likeness (QED) is 0.869. The van der Waals surface area contributed by atoms with E-state index in [9.17, 15) is 13.2 Å². The molecule has 1 heterocycles. The minimum atomic E-state index is -3.61. The molecule has 6 nitrogen and oxygen atoms in total. The zero-order chi connectivity index (χ0) is 14.9. The Bertz CT molecular complexity index is 696. The molecule has 0 bridgehead atoms. The highest BCUT2D eigenvalue weighted by atomic mass is 79.9. The molecule has 0 spiro atoms. The molecule has 1 atom stereocenters. The van der Waals surface area contributed by atoms with Crippen molar-refractivity contribution in [1.82, 2.24) is 0 Å². The molecule has 1 aromatic carbocycles. The lowest BCUT2D eigenvalue weighted by Gasteiger charge is -2.18. The highest BCUT2D eigenvalue weighted by molar-refractivity contribution is 9.10. The Balaban J connectivity index is 2.29. The fourth-order valence-electron chi connectivity index (χ4n) is 2.28. The van der Waals surface area contributed by atoms with Gasteiger partial charge in [-0.3, -0.25) is 4.79 Å². The molecule has 1 unspecified atom stereocenters. The van der Waals surface area contributed by atoms with Crippen LogP contribution in [0.5, 0.6) is 0 Å². The largest absolute Gasteiger partial charge is 0.311 e. The molecule has 20 heavy (non-hydrogen) atoms. The van der Waals surface area contributed by atoms with Crippen LogP contribution >= 0.6 is 15.9 Å². The van der Waals surface area contributed by atoms with Crippen molar-refractivity contribution in [3.8, 4) is 6.07 Å². The second-order valence-corrected chi connectivity index (χ2v) is 7.25. The molecule has 1 amide bonds. The third-order valence-corrected chi connectivity index (χ3v) is 4.47. The summed E-state index contributed by atoms with van der Waals surface area (Å²) in [6.45, 7) is 0.250. The molecule has 0 aliphatic carbocycles. The Morgan fingerprint density at radius 1 is 1.50 bits per heavy atom. The van der Waals surface area contributed by atoms with Crippen LogP contribution in [0.1, 0.15) is 12.0 Å². The highest BCUT2D eigenvalue weighted by Crippen LogP contribution is 2.30. The van der Waals surface area contributed by atoms with Crippen LogP contribution in [0.2, 0.25) is 0 Å². The smallest absolute Gasteiger partial charge is 0.227 e. The lowest BCUT2D eigenvalue weighted by Crippen LogP contribution is -2.28. The van der Waals surface area contributed by atoms with Gasteiger partial charge in [-0.2, -0.15) is 5.26 Å². The van der Waals surface area contributed by atoms with Gasteiger partial charge in [0.25, 0.3) is 0 Å². The average molecular weight is 358 g/mol. The van der Waals surface area contributed by atoms with Crippen LogP contribution in [-0.4, -0.2) is 26.6 Å². The van der Waals surface area contributed by atoms with E-state index in [-0.39, 0.29) is 30.5 Å². The maximum Gasteiger partial charge on any atom is 0.227 e. The van der Waals surface area contributed by atoms with Crippen molar-refractivity contribution in [2.24, 2.45) is 11.1 Å². The zero-order valence-electron chi connectivity index (χ0n) is 10.4. The fraction of sp³-hybridized carbons (Fsp3) is 0.333. The van der Waals surface area contributed by atoms with Crippen molar-refractivity contribution in [3.05, 3.63) is 28.2 Å². The molecule has 0 radical (unpaired) electrons. The molecule has 0 aromatic heterocycles. The maximum atomic E-state index is 12.0. The summed E-state index contributed by atoms with van der Waals surface area (Å²) in [7, 11) is -3.61. The summed E-state index contributed by atoms with van der Waals surface area (Å²) in [5.74, 6) is -0.776. The SMILES string of the molecule is N#Cc1ccc(Br)cc1N1CC(CS(N)(=O)=O)CC1=O. The first-order valence-electron chi connectivity index (χ1n) is 5.80. The van der Waals surface area contributed by atoms with E-state index in [4.69, 9.17) is 10.4 Å². The van der Waals surface area contributed by atoms with Gasteiger partial charge in [0.05, 0.1) is 17.0 Å². The normalized spacial score (nSPS) is 19.1. The molecule has 0 saturated carbocycles. The number of carbonyl (C=O) groups excluding carboxylic acids is 1. The summed E-state index contributed by atoms with van der Waals surface area (Å²) in [4.78, 5) is 13.5. The molecule has 106 valence electrons. The number of hydrogen-bond donors (Lipinski definition) is 1. The minimum Gasteiger partial charge on any atom is -0.311 e. The van der Waals surface area contributed by atoms with E-state index in [0.29, 0.717) is 11.3 Å². The first kappa shape index (κ1) is 15.0. The second kappa shape index (κ2) is 5.52. The fourth-order valence-corrected chi connectivity index (χ4v) is 3.51. The van der Waals surface area contributed by atoms with Crippen LogP contribution in [0.4, 0.5) is 5.69 Å². The Labute approximate surface area is 125 Å². The van der Waals surface area contributed by atoms with Gasteiger partial charge in [0, 0.05) is 23.4 Å². The first-order valence-corrected chi connectivity index (χ1v) is 8.31. The van der Waals surface area contributed by atoms with Crippen LogP contribution in [-0.2, 0) is 14.8 Å². The minimum absolute atomic E-state index is 0.119. The van der Waals surface area contributed by atoms with Crippen molar-refractivity contribution >= 4 is 37.5 Å². The monoisotopic (exact) mass is 357 g/mol. The summed E-state index contributed by atoms with van der Waals surface area (Å²) in [6.07, 6.45) is 0.119. The number of halogens is 1. The van der Waals surface area contributed by atoms with E-state index in [1.807, 2.05) is 6.07 Å². The van der Waals surface area contributed by atoms with Crippen LogP contribution in [0.25, 0.3) is 0 Å². The second-order valence-electron chi connectivity index (χ2n) is 4.68. The molecular formula is C12H12BrN3O3S. The number of nitriles is 1. The van der Waals surface area contributed by atoms with Gasteiger partial charge in [-0.25, -0.2) is 13.6 Å². The van der Waals surface area contributed by atoms with Gasteiger partial charge in [-0.05, 0) is 18.2 Å². The van der Waals surface area contributed by atoms with Gasteiger partial charge in [-0.15, -0.1) is 0 Å². The number of benzene rings is 1. The summed E-state index contributed by atoms with van der Waals surface area (Å²) < 4.78 is 22.9. The van der Waals surface area contributed by atoms with Gasteiger partial charge in [0.15, 0.2) is 0 Å². The first-order chi connectivity index (χ1) is 9.30. The Kier molecular flexibility index (Phi) is 4.13. The molecule has 1 aliphatic heterocycles. The molecule has 1 aliphatic rings. The lowest BCUT2D eigenvalue weighted by atomic mass is 10.1. The van der Waals surface area contributed by atoms with Gasteiger partial charge < -0.3 is 4.90 Å². The standard InChI is InChI=1S/C12H12BrN3O3S/c13-10-2-1-9(5-14)11(4-10)16-6-8(3-12(16)17)7-20(15,18)19/h1-2,4,8H,3,6-7H2,(H2,15,18,19). The summed E-state index contributed by atoms with van der Waals surface area (Å²) in [5, 5.41) is 14.1. The van der Waals surface area contributed by atoms with Gasteiger partial charge in [0.1, 0.15) is 6.07 Å². The van der Waals surface area contributed by atoms with E-state index in [2.05, 4.69) is 15.9 Å². The third kappa shape index (κ3) is 3.36. The molecule has 1 saturated heterocycles. The average Bonchev–Trinajstić information content (AvgIpc) is 2.67. The number of nitrogens with two attached hydrogens (primary N) is 1. The van der Waals surface area contributed by atoms with Crippen LogP contribution in [0.3, 0.4) is 0 Å². The van der Waals surface area contributed by atoms with Gasteiger partial charge >= 0.3 is 0 Å². The van der Waals surface area contributed by atoms with E-state index in [1.165, 1.54) is 4.90 Å². The number of amides is 1. The summed E-state index contributed by atoms with van der Waals surface area (Å²) >= 11 is 3.29. The van der Waals surface area contributed by atoms with Gasteiger partial charge in [-0.1, -0.05) is 15.9 Å². The van der Waals surface area contributed by atoms with Crippen molar-refractivity contribution in [3.63, 3.8) is 0 Å². The maximum absolute atomic E-state index is 12.0. The van der Waals surface area contributed by atoms with Gasteiger partial charge in [0.2, 0.25) is 15.9 Å². The summed E-state index contributed by atoms with van der Waals surface area (Å²) in [6, 6.07) is 7.03. The Morgan fingerprint density at radius 3 is 2.80 bits per heavy atom. The van der Waals surface area contributed by atoms with Crippen molar-refractivity contribution in [2.75, 3.05) is 17.2 Å². The molecule has 8 heteroatoms.